The van der Waals surface area contributed by atoms with Crippen molar-refractivity contribution in [1.29, 1.82) is 0 Å². The monoisotopic (exact) mass is 274 g/mol. The molecule has 0 aliphatic carbocycles. The summed E-state index contributed by atoms with van der Waals surface area (Å²) in [5.41, 5.74) is 5.17. The van der Waals surface area contributed by atoms with Crippen LogP contribution in [0.25, 0.3) is 0 Å². The van der Waals surface area contributed by atoms with E-state index in [1.165, 1.54) is 6.07 Å². The SMILES string of the molecule is NC(=O)c1cc(Cl)nnc1O[C@H]1CCNC[C@@H]1F. The Labute approximate surface area is 108 Å². The molecular formula is C10H12ClFN4O2. The summed E-state index contributed by atoms with van der Waals surface area (Å²) in [5.74, 6) is -0.826. The van der Waals surface area contributed by atoms with E-state index in [0.29, 0.717) is 13.0 Å². The number of amides is 1. The molecule has 18 heavy (non-hydrogen) atoms. The molecule has 3 N–H and O–H groups in total. The van der Waals surface area contributed by atoms with Crippen molar-refractivity contribution < 1.29 is 13.9 Å². The van der Waals surface area contributed by atoms with Crippen LogP contribution in [0, 0.1) is 0 Å². The maximum Gasteiger partial charge on any atom is 0.254 e. The number of nitrogens with two attached hydrogens (primary N) is 1. The number of ether oxygens (including phenoxy) is 1. The molecule has 0 unspecified atom stereocenters. The van der Waals surface area contributed by atoms with E-state index in [1.807, 2.05) is 0 Å². The van der Waals surface area contributed by atoms with Crippen molar-refractivity contribution in [2.75, 3.05) is 13.1 Å². The molecule has 0 bridgehead atoms. The van der Waals surface area contributed by atoms with Crippen LogP contribution in [0.15, 0.2) is 6.07 Å². The number of alkyl halides is 1. The van der Waals surface area contributed by atoms with Crippen LogP contribution in [0.4, 0.5) is 4.39 Å². The minimum atomic E-state index is -1.17. The number of nitrogens with one attached hydrogen (secondary N) is 1. The Balaban J connectivity index is 2.20. The molecule has 1 aromatic rings. The quantitative estimate of drug-likeness (QED) is 0.828. The molecule has 2 rings (SSSR count). The van der Waals surface area contributed by atoms with Gasteiger partial charge in [-0.3, -0.25) is 4.79 Å². The molecule has 8 heteroatoms. The van der Waals surface area contributed by atoms with E-state index in [-0.39, 0.29) is 23.1 Å². The standard InChI is InChI=1S/C10H12ClFN4O2/c11-8-3-5(9(13)17)10(16-15-8)18-7-1-2-14-4-6(7)12/h3,6-7,14H,1-2,4H2,(H2,13,17)/t6-,7-/m0/s1. The third-order valence-corrected chi connectivity index (χ3v) is 2.79. The molecule has 0 aromatic carbocycles. The van der Waals surface area contributed by atoms with Crippen LogP contribution in [-0.2, 0) is 0 Å². The summed E-state index contributed by atoms with van der Waals surface area (Å²) >= 11 is 5.61. The van der Waals surface area contributed by atoms with Gasteiger partial charge in [-0.15, -0.1) is 10.2 Å². The summed E-state index contributed by atoms with van der Waals surface area (Å²) in [5, 5.41) is 10.1. The second kappa shape index (κ2) is 5.45. The molecular weight excluding hydrogens is 263 g/mol. The van der Waals surface area contributed by atoms with Crippen LogP contribution in [0.3, 0.4) is 0 Å². The number of hydrogen-bond donors (Lipinski definition) is 2. The summed E-state index contributed by atoms with van der Waals surface area (Å²) in [4.78, 5) is 11.2. The van der Waals surface area contributed by atoms with Gasteiger partial charge in [-0.2, -0.15) is 0 Å². The molecule has 6 nitrogen and oxygen atoms in total. The Hall–Kier alpha value is -1.47. The van der Waals surface area contributed by atoms with E-state index >= 15 is 0 Å². The topological polar surface area (TPSA) is 90.1 Å². The van der Waals surface area contributed by atoms with Crippen LogP contribution in [-0.4, -0.2) is 41.5 Å². The van der Waals surface area contributed by atoms with E-state index in [1.54, 1.807) is 0 Å². The smallest absolute Gasteiger partial charge is 0.254 e. The molecule has 1 saturated heterocycles. The average Bonchev–Trinajstić information content (AvgIpc) is 2.34. The highest BCUT2D eigenvalue weighted by atomic mass is 35.5. The zero-order chi connectivity index (χ0) is 13.1. The molecule has 1 amide bonds. The fourth-order valence-electron chi connectivity index (χ4n) is 1.69. The molecule has 1 aliphatic heterocycles. The summed E-state index contributed by atoms with van der Waals surface area (Å²) < 4.78 is 18.9. The Morgan fingerprint density at radius 1 is 1.61 bits per heavy atom. The molecule has 2 heterocycles. The Bertz CT molecular complexity index is 460. The lowest BCUT2D eigenvalue weighted by Gasteiger charge is -2.27. The van der Waals surface area contributed by atoms with E-state index in [2.05, 4.69) is 15.5 Å². The third-order valence-electron chi connectivity index (χ3n) is 2.61. The van der Waals surface area contributed by atoms with Gasteiger partial charge in [0.2, 0.25) is 5.88 Å². The molecule has 98 valence electrons. The van der Waals surface area contributed by atoms with Gasteiger partial charge < -0.3 is 15.8 Å². The normalized spacial score (nSPS) is 23.7. The molecule has 1 aliphatic rings. The van der Waals surface area contributed by atoms with Gasteiger partial charge in [-0.25, -0.2) is 4.39 Å². The number of aromatic nitrogens is 2. The first-order chi connectivity index (χ1) is 8.58. The summed E-state index contributed by atoms with van der Waals surface area (Å²) in [6.45, 7) is 0.843. The second-order valence-corrected chi connectivity index (χ2v) is 4.30. The Morgan fingerprint density at radius 3 is 3.06 bits per heavy atom. The van der Waals surface area contributed by atoms with Crippen LogP contribution >= 0.6 is 11.6 Å². The molecule has 2 atom stereocenters. The lowest BCUT2D eigenvalue weighted by molar-refractivity contribution is 0.0667. The number of piperidine rings is 1. The zero-order valence-corrected chi connectivity index (χ0v) is 10.2. The highest BCUT2D eigenvalue weighted by Gasteiger charge is 2.28. The molecule has 1 aromatic heterocycles. The van der Waals surface area contributed by atoms with Crippen LogP contribution in [0.1, 0.15) is 16.8 Å². The van der Waals surface area contributed by atoms with Crippen molar-refractivity contribution in [2.24, 2.45) is 5.73 Å². The first-order valence-corrected chi connectivity index (χ1v) is 5.80. The minimum Gasteiger partial charge on any atom is -0.470 e. The number of carbonyl (C=O) groups is 1. The Kier molecular flexibility index (Phi) is 3.93. The van der Waals surface area contributed by atoms with Crippen LogP contribution < -0.4 is 15.8 Å². The van der Waals surface area contributed by atoms with Gasteiger partial charge in [0.05, 0.1) is 0 Å². The molecule has 0 spiro atoms. The van der Waals surface area contributed by atoms with Gasteiger partial charge >= 0.3 is 0 Å². The lowest BCUT2D eigenvalue weighted by Crippen LogP contribution is -2.44. The number of halogens is 2. The van der Waals surface area contributed by atoms with Gasteiger partial charge in [0, 0.05) is 6.54 Å². The Morgan fingerprint density at radius 2 is 2.39 bits per heavy atom. The van der Waals surface area contributed by atoms with Gasteiger partial charge in [-0.1, -0.05) is 11.6 Å². The van der Waals surface area contributed by atoms with Crippen molar-refractivity contribution in [3.8, 4) is 5.88 Å². The zero-order valence-electron chi connectivity index (χ0n) is 9.40. The maximum atomic E-state index is 13.6. The van der Waals surface area contributed by atoms with Crippen molar-refractivity contribution in [1.82, 2.24) is 15.5 Å². The largest absolute Gasteiger partial charge is 0.470 e. The van der Waals surface area contributed by atoms with Gasteiger partial charge in [0.1, 0.15) is 17.8 Å². The van der Waals surface area contributed by atoms with E-state index in [0.717, 1.165) is 0 Å². The predicted molar refractivity (Wildman–Crippen MR) is 62.4 cm³/mol. The number of primary amides is 1. The maximum absolute atomic E-state index is 13.6. The minimum absolute atomic E-state index is 0.000678. The lowest BCUT2D eigenvalue weighted by atomic mass is 10.1. The van der Waals surface area contributed by atoms with Crippen LogP contribution in [0.5, 0.6) is 5.88 Å². The molecule has 0 radical (unpaired) electrons. The number of rotatable bonds is 3. The summed E-state index contributed by atoms with van der Waals surface area (Å²) in [6.07, 6.45) is -1.36. The predicted octanol–water partition coefficient (Wildman–Crippen LogP) is 0.308. The highest BCUT2D eigenvalue weighted by Crippen LogP contribution is 2.21. The average molecular weight is 275 g/mol. The van der Waals surface area contributed by atoms with Gasteiger partial charge in [0.15, 0.2) is 5.15 Å². The number of nitrogens with zero attached hydrogens (tertiary/aromatic N) is 2. The fourth-order valence-corrected chi connectivity index (χ4v) is 1.84. The second-order valence-electron chi connectivity index (χ2n) is 3.92. The summed E-state index contributed by atoms with van der Waals surface area (Å²) in [7, 11) is 0. The van der Waals surface area contributed by atoms with Crippen molar-refractivity contribution in [2.45, 2.75) is 18.7 Å². The number of hydrogen-bond acceptors (Lipinski definition) is 5. The van der Waals surface area contributed by atoms with E-state index in [9.17, 15) is 9.18 Å². The van der Waals surface area contributed by atoms with Crippen molar-refractivity contribution >= 4 is 17.5 Å². The molecule has 1 fully saturated rings. The van der Waals surface area contributed by atoms with Crippen molar-refractivity contribution in [3.63, 3.8) is 0 Å². The van der Waals surface area contributed by atoms with Crippen molar-refractivity contribution in [3.05, 3.63) is 16.8 Å². The fraction of sp³-hybridized carbons (Fsp3) is 0.500. The van der Waals surface area contributed by atoms with Gasteiger partial charge in [-0.05, 0) is 19.0 Å². The summed E-state index contributed by atoms with van der Waals surface area (Å²) in [6, 6.07) is 1.25. The van der Waals surface area contributed by atoms with E-state index in [4.69, 9.17) is 22.1 Å². The molecule has 0 saturated carbocycles. The first-order valence-electron chi connectivity index (χ1n) is 5.42. The third kappa shape index (κ3) is 2.85. The number of carbonyl (C=O) groups excluding carboxylic acids is 1. The first kappa shape index (κ1) is 13.0. The highest BCUT2D eigenvalue weighted by molar-refractivity contribution is 6.29. The van der Waals surface area contributed by atoms with E-state index < -0.39 is 18.2 Å². The van der Waals surface area contributed by atoms with Gasteiger partial charge in [0.25, 0.3) is 5.91 Å². The van der Waals surface area contributed by atoms with Crippen LogP contribution in [0.2, 0.25) is 5.15 Å².